The lowest BCUT2D eigenvalue weighted by molar-refractivity contribution is -0.121. The minimum Gasteiger partial charge on any atom is -0.355 e. The fourth-order valence-electron chi connectivity index (χ4n) is 1.09. The maximum absolute atomic E-state index is 11.6. The van der Waals surface area contributed by atoms with Crippen molar-refractivity contribution < 1.29 is 9.59 Å². The van der Waals surface area contributed by atoms with Crippen molar-refractivity contribution in [3.63, 3.8) is 0 Å². The number of amides is 3. The summed E-state index contributed by atoms with van der Waals surface area (Å²) in [5.41, 5.74) is 0. The van der Waals surface area contributed by atoms with E-state index in [1.807, 2.05) is 27.7 Å². The second kappa shape index (κ2) is 7.09. The van der Waals surface area contributed by atoms with Gasteiger partial charge in [0.25, 0.3) is 0 Å². The zero-order valence-corrected chi connectivity index (χ0v) is 9.96. The van der Waals surface area contributed by atoms with Crippen molar-refractivity contribution in [2.75, 3.05) is 19.6 Å². The van der Waals surface area contributed by atoms with Crippen LogP contribution in [0.25, 0.3) is 0 Å². The zero-order valence-electron chi connectivity index (χ0n) is 9.96. The molecule has 0 saturated heterocycles. The van der Waals surface area contributed by atoms with E-state index in [-0.39, 0.29) is 24.5 Å². The van der Waals surface area contributed by atoms with E-state index in [2.05, 4.69) is 10.6 Å². The molecule has 0 aliphatic carbocycles. The molecule has 88 valence electrons. The van der Waals surface area contributed by atoms with Crippen LogP contribution in [0.2, 0.25) is 0 Å². The van der Waals surface area contributed by atoms with E-state index in [1.54, 1.807) is 0 Å². The fraction of sp³-hybridized carbons (Fsp3) is 0.800. The molecule has 0 aliphatic heterocycles. The van der Waals surface area contributed by atoms with Crippen molar-refractivity contribution in [2.45, 2.75) is 33.7 Å². The number of rotatable bonds is 5. The summed E-state index contributed by atoms with van der Waals surface area (Å²) in [6.07, 6.45) is 0. The topological polar surface area (TPSA) is 61.4 Å². The molecule has 0 spiro atoms. The number of hydrogen-bond acceptors (Lipinski definition) is 2. The normalized spacial score (nSPS) is 9.93. The third-order valence-corrected chi connectivity index (χ3v) is 1.79. The van der Waals surface area contributed by atoms with Gasteiger partial charge in [-0.1, -0.05) is 0 Å². The van der Waals surface area contributed by atoms with Crippen molar-refractivity contribution in [3.05, 3.63) is 0 Å². The summed E-state index contributed by atoms with van der Waals surface area (Å²) >= 11 is 0. The lowest BCUT2D eigenvalue weighted by atomic mass is 10.4. The van der Waals surface area contributed by atoms with Crippen LogP contribution in [-0.2, 0) is 4.79 Å². The lowest BCUT2D eigenvalue weighted by Crippen LogP contribution is -2.47. The Balaban J connectivity index is 4.12. The maximum atomic E-state index is 11.6. The van der Waals surface area contributed by atoms with Crippen molar-refractivity contribution in [3.8, 4) is 0 Å². The standard InChI is InChI=1S/C10H21N3O2/c1-5-11-9(14)7-13(6-2)10(15)12-8(3)4/h8H,5-7H2,1-4H3,(H,11,14)(H,12,15). The van der Waals surface area contributed by atoms with Crippen LogP contribution in [0.4, 0.5) is 4.79 Å². The van der Waals surface area contributed by atoms with Crippen LogP contribution in [-0.4, -0.2) is 42.5 Å². The fourth-order valence-corrected chi connectivity index (χ4v) is 1.09. The molecule has 5 heteroatoms. The van der Waals surface area contributed by atoms with Gasteiger partial charge in [-0.25, -0.2) is 4.79 Å². The van der Waals surface area contributed by atoms with E-state index in [9.17, 15) is 9.59 Å². The van der Waals surface area contributed by atoms with E-state index in [1.165, 1.54) is 4.90 Å². The average molecular weight is 215 g/mol. The third-order valence-electron chi connectivity index (χ3n) is 1.79. The Hall–Kier alpha value is -1.26. The van der Waals surface area contributed by atoms with Crippen molar-refractivity contribution in [1.29, 1.82) is 0 Å². The molecule has 0 aliphatic rings. The predicted octanol–water partition coefficient (Wildman–Crippen LogP) is 0.562. The first-order valence-corrected chi connectivity index (χ1v) is 5.33. The molecule has 0 aromatic carbocycles. The molecule has 0 fully saturated rings. The smallest absolute Gasteiger partial charge is 0.318 e. The number of nitrogens with zero attached hydrogens (tertiary/aromatic N) is 1. The molecule has 0 saturated carbocycles. The molecule has 0 radical (unpaired) electrons. The number of carbonyl (C=O) groups excluding carboxylic acids is 2. The minimum absolute atomic E-state index is 0.0841. The van der Waals surface area contributed by atoms with Gasteiger partial charge in [0.05, 0.1) is 0 Å². The molecule has 0 heterocycles. The van der Waals surface area contributed by atoms with Crippen LogP contribution in [0.1, 0.15) is 27.7 Å². The van der Waals surface area contributed by atoms with Gasteiger partial charge in [0.1, 0.15) is 6.54 Å². The number of urea groups is 1. The number of carbonyl (C=O) groups is 2. The van der Waals surface area contributed by atoms with Crippen molar-refractivity contribution in [1.82, 2.24) is 15.5 Å². The molecule has 0 rings (SSSR count). The molecule has 0 unspecified atom stereocenters. The monoisotopic (exact) mass is 215 g/mol. The Labute approximate surface area is 91.2 Å². The first-order chi connectivity index (χ1) is 7.01. The lowest BCUT2D eigenvalue weighted by Gasteiger charge is -2.22. The second-order valence-corrected chi connectivity index (χ2v) is 3.57. The molecular formula is C10H21N3O2. The molecule has 0 aromatic rings. The van der Waals surface area contributed by atoms with E-state index in [4.69, 9.17) is 0 Å². The van der Waals surface area contributed by atoms with Crippen molar-refractivity contribution >= 4 is 11.9 Å². The summed E-state index contributed by atoms with van der Waals surface area (Å²) < 4.78 is 0. The quantitative estimate of drug-likeness (QED) is 0.704. The highest BCUT2D eigenvalue weighted by atomic mass is 16.2. The number of nitrogens with one attached hydrogen (secondary N) is 2. The zero-order chi connectivity index (χ0) is 11.8. The highest BCUT2D eigenvalue weighted by Crippen LogP contribution is 1.91. The highest BCUT2D eigenvalue weighted by Gasteiger charge is 2.15. The van der Waals surface area contributed by atoms with Gasteiger partial charge in [0.15, 0.2) is 0 Å². The molecule has 5 nitrogen and oxygen atoms in total. The number of likely N-dealkylation sites (N-methyl/N-ethyl adjacent to an activating group) is 2. The molecule has 3 amide bonds. The van der Waals surface area contributed by atoms with E-state index < -0.39 is 0 Å². The van der Waals surface area contributed by atoms with Gasteiger partial charge >= 0.3 is 6.03 Å². The predicted molar refractivity (Wildman–Crippen MR) is 59.6 cm³/mol. The molecule has 0 bridgehead atoms. The maximum Gasteiger partial charge on any atom is 0.318 e. The van der Waals surface area contributed by atoms with Crippen molar-refractivity contribution in [2.24, 2.45) is 0 Å². The van der Waals surface area contributed by atoms with Crippen LogP contribution in [0.5, 0.6) is 0 Å². The summed E-state index contributed by atoms with van der Waals surface area (Å²) in [4.78, 5) is 24.3. The van der Waals surface area contributed by atoms with Gasteiger partial charge in [-0.3, -0.25) is 4.79 Å². The van der Waals surface area contributed by atoms with Crippen LogP contribution >= 0.6 is 0 Å². The summed E-state index contributed by atoms with van der Waals surface area (Å²) in [6.45, 7) is 8.69. The summed E-state index contributed by atoms with van der Waals surface area (Å²) in [6, 6.07) is -0.112. The Morgan fingerprint density at radius 3 is 2.27 bits per heavy atom. The summed E-state index contributed by atoms with van der Waals surface area (Å²) in [5, 5.41) is 5.41. The van der Waals surface area contributed by atoms with E-state index >= 15 is 0 Å². The number of hydrogen-bond donors (Lipinski definition) is 2. The minimum atomic E-state index is -0.196. The van der Waals surface area contributed by atoms with Crippen LogP contribution in [0.15, 0.2) is 0 Å². The van der Waals surface area contributed by atoms with Gasteiger partial charge in [0, 0.05) is 19.1 Å². The van der Waals surface area contributed by atoms with Gasteiger partial charge in [-0.2, -0.15) is 0 Å². The van der Waals surface area contributed by atoms with Gasteiger partial charge in [0.2, 0.25) is 5.91 Å². The highest BCUT2D eigenvalue weighted by molar-refractivity contribution is 5.84. The molecule has 2 N–H and O–H groups in total. The SMILES string of the molecule is CCNC(=O)CN(CC)C(=O)NC(C)C. The summed E-state index contributed by atoms with van der Waals surface area (Å²) in [5.74, 6) is -0.127. The Bertz CT molecular complexity index is 217. The first kappa shape index (κ1) is 13.7. The van der Waals surface area contributed by atoms with E-state index in [0.717, 1.165) is 0 Å². The Kier molecular flexibility index (Phi) is 6.49. The average Bonchev–Trinajstić information content (AvgIpc) is 2.13. The Morgan fingerprint density at radius 1 is 1.27 bits per heavy atom. The van der Waals surface area contributed by atoms with Crippen LogP contribution in [0.3, 0.4) is 0 Å². The van der Waals surface area contributed by atoms with Gasteiger partial charge in [-0.15, -0.1) is 0 Å². The second-order valence-electron chi connectivity index (χ2n) is 3.57. The molecular weight excluding hydrogens is 194 g/mol. The first-order valence-electron chi connectivity index (χ1n) is 5.33. The molecule has 0 aromatic heterocycles. The van der Waals surface area contributed by atoms with Crippen LogP contribution in [0, 0.1) is 0 Å². The molecule has 0 atom stereocenters. The van der Waals surface area contributed by atoms with Crippen LogP contribution < -0.4 is 10.6 Å². The van der Waals surface area contributed by atoms with Gasteiger partial charge in [-0.05, 0) is 27.7 Å². The van der Waals surface area contributed by atoms with Gasteiger partial charge < -0.3 is 15.5 Å². The Morgan fingerprint density at radius 2 is 1.87 bits per heavy atom. The molecule has 15 heavy (non-hydrogen) atoms. The van der Waals surface area contributed by atoms with E-state index in [0.29, 0.717) is 13.1 Å². The summed E-state index contributed by atoms with van der Waals surface area (Å²) in [7, 11) is 0. The third kappa shape index (κ3) is 5.93. The largest absolute Gasteiger partial charge is 0.355 e.